The van der Waals surface area contributed by atoms with Crippen LogP contribution >= 0.6 is 15.9 Å². The van der Waals surface area contributed by atoms with Crippen molar-refractivity contribution in [2.45, 2.75) is 6.92 Å². The second-order valence-corrected chi connectivity index (χ2v) is 4.89. The molecule has 0 fully saturated rings. The van der Waals surface area contributed by atoms with Crippen LogP contribution in [-0.4, -0.2) is 11.0 Å². The molecule has 0 spiro atoms. The van der Waals surface area contributed by atoms with E-state index in [-0.39, 0.29) is 6.03 Å². The fourth-order valence-electron chi connectivity index (χ4n) is 1.52. The van der Waals surface area contributed by atoms with E-state index in [0.29, 0.717) is 17.1 Å². The van der Waals surface area contributed by atoms with E-state index in [1.165, 1.54) is 0 Å². The Bertz CT molecular complexity index is 677. The van der Waals surface area contributed by atoms with Crippen molar-refractivity contribution in [3.8, 4) is 6.07 Å². The number of aromatic nitrogens is 1. The maximum Gasteiger partial charge on any atom is 0.324 e. The van der Waals surface area contributed by atoms with Crippen LogP contribution in [0.5, 0.6) is 0 Å². The molecule has 2 N–H and O–H groups in total. The molecule has 0 radical (unpaired) electrons. The highest BCUT2D eigenvalue weighted by atomic mass is 79.9. The number of amides is 2. The number of anilines is 2. The van der Waals surface area contributed by atoms with Crippen LogP contribution in [0.1, 0.15) is 11.3 Å². The molecule has 2 rings (SSSR count). The summed E-state index contributed by atoms with van der Waals surface area (Å²) in [6.07, 6.45) is 0. The molecule has 1 aromatic carbocycles. The highest BCUT2D eigenvalue weighted by Crippen LogP contribution is 2.16. The number of carbonyl (C=O) groups is 1. The van der Waals surface area contributed by atoms with E-state index in [1.54, 1.807) is 30.3 Å². The predicted octanol–water partition coefficient (Wildman–Crippen LogP) is 3.67. The molecule has 6 heteroatoms. The smallest absolute Gasteiger partial charge is 0.308 e. The van der Waals surface area contributed by atoms with Crippen LogP contribution in [0.15, 0.2) is 40.9 Å². The van der Waals surface area contributed by atoms with Crippen molar-refractivity contribution in [3.63, 3.8) is 0 Å². The molecule has 0 aliphatic heterocycles. The quantitative estimate of drug-likeness (QED) is 0.881. The van der Waals surface area contributed by atoms with Gasteiger partial charge in [-0.3, -0.25) is 5.32 Å². The van der Waals surface area contributed by atoms with Crippen molar-refractivity contribution >= 4 is 33.5 Å². The molecule has 0 aliphatic carbocycles. The van der Waals surface area contributed by atoms with Gasteiger partial charge in [-0.25, -0.2) is 9.78 Å². The summed E-state index contributed by atoms with van der Waals surface area (Å²) in [5.74, 6) is 0.469. The fraction of sp³-hybridized carbons (Fsp3) is 0.0714. The Labute approximate surface area is 124 Å². The van der Waals surface area contributed by atoms with Crippen molar-refractivity contribution in [1.29, 1.82) is 5.26 Å². The first-order chi connectivity index (χ1) is 9.58. The maximum absolute atomic E-state index is 11.8. The number of benzene rings is 1. The van der Waals surface area contributed by atoms with Crippen LogP contribution in [0, 0.1) is 18.3 Å². The van der Waals surface area contributed by atoms with Crippen molar-refractivity contribution in [2.75, 3.05) is 10.6 Å². The third kappa shape index (κ3) is 3.56. The highest BCUT2D eigenvalue weighted by Gasteiger charge is 2.05. The predicted molar refractivity (Wildman–Crippen MR) is 80.5 cm³/mol. The van der Waals surface area contributed by atoms with Gasteiger partial charge in [0.2, 0.25) is 0 Å². The zero-order chi connectivity index (χ0) is 14.5. The summed E-state index contributed by atoms with van der Waals surface area (Å²) < 4.78 is 0.885. The lowest BCUT2D eigenvalue weighted by Crippen LogP contribution is -2.20. The lowest BCUT2D eigenvalue weighted by atomic mass is 10.2. The lowest BCUT2D eigenvalue weighted by molar-refractivity contribution is 0.262. The number of rotatable bonds is 2. The van der Waals surface area contributed by atoms with Gasteiger partial charge in [-0.1, -0.05) is 0 Å². The molecule has 2 amide bonds. The molecule has 0 aliphatic rings. The van der Waals surface area contributed by atoms with Crippen LogP contribution in [0.3, 0.4) is 0 Å². The zero-order valence-electron chi connectivity index (χ0n) is 10.6. The van der Waals surface area contributed by atoms with Gasteiger partial charge < -0.3 is 5.32 Å². The normalized spacial score (nSPS) is 9.65. The SMILES string of the molecule is Cc1nc(NC(=O)Nc2ccc(C#N)cc2)ccc1Br. The highest BCUT2D eigenvalue weighted by molar-refractivity contribution is 9.10. The van der Waals surface area contributed by atoms with Crippen molar-refractivity contribution < 1.29 is 4.79 Å². The van der Waals surface area contributed by atoms with Gasteiger partial charge in [0.05, 0.1) is 17.3 Å². The minimum atomic E-state index is -0.385. The average molecular weight is 331 g/mol. The summed E-state index contributed by atoms with van der Waals surface area (Å²) in [7, 11) is 0. The second-order valence-electron chi connectivity index (χ2n) is 4.03. The van der Waals surface area contributed by atoms with Gasteiger partial charge in [0.1, 0.15) is 5.82 Å². The Morgan fingerprint density at radius 2 is 1.90 bits per heavy atom. The molecule has 0 saturated heterocycles. The maximum atomic E-state index is 11.8. The molecule has 0 atom stereocenters. The summed E-state index contributed by atoms with van der Waals surface area (Å²) in [4.78, 5) is 16.0. The molecule has 0 unspecified atom stereocenters. The molecule has 0 saturated carbocycles. The standard InChI is InChI=1S/C14H11BrN4O/c1-9-12(15)6-7-13(17-9)19-14(20)18-11-4-2-10(8-16)3-5-11/h2-7H,1H3,(H2,17,18,19,20). The lowest BCUT2D eigenvalue weighted by Gasteiger charge is -2.08. The van der Waals surface area contributed by atoms with E-state index in [2.05, 4.69) is 31.5 Å². The Hall–Kier alpha value is -2.39. The molecule has 100 valence electrons. The first kappa shape index (κ1) is 14.0. The molecule has 1 aromatic heterocycles. The molecular formula is C14H11BrN4O. The number of nitrogens with one attached hydrogen (secondary N) is 2. The van der Waals surface area contributed by atoms with E-state index in [4.69, 9.17) is 5.26 Å². The number of carbonyl (C=O) groups excluding carboxylic acids is 1. The van der Waals surface area contributed by atoms with E-state index in [1.807, 2.05) is 19.1 Å². The van der Waals surface area contributed by atoms with E-state index < -0.39 is 0 Å². The van der Waals surface area contributed by atoms with Crippen LogP contribution in [0.4, 0.5) is 16.3 Å². The summed E-state index contributed by atoms with van der Waals surface area (Å²) in [6.45, 7) is 1.84. The number of nitriles is 1. The van der Waals surface area contributed by atoms with Crippen molar-refractivity contribution in [2.24, 2.45) is 0 Å². The summed E-state index contributed by atoms with van der Waals surface area (Å²) in [5, 5.41) is 14.0. The number of nitrogens with zero attached hydrogens (tertiary/aromatic N) is 2. The van der Waals surface area contributed by atoms with Crippen molar-refractivity contribution in [1.82, 2.24) is 4.98 Å². The number of halogens is 1. The number of hydrogen-bond donors (Lipinski definition) is 2. The molecule has 0 bridgehead atoms. The van der Waals surface area contributed by atoms with Crippen LogP contribution in [-0.2, 0) is 0 Å². The van der Waals surface area contributed by atoms with Gasteiger partial charge in [-0.05, 0) is 59.3 Å². The summed E-state index contributed by atoms with van der Waals surface area (Å²) >= 11 is 3.35. The van der Waals surface area contributed by atoms with Crippen LogP contribution in [0.25, 0.3) is 0 Å². The Morgan fingerprint density at radius 3 is 2.50 bits per heavy atom. The van der Waals surface area contributed by atoms with Gasteiger partial charge in [0.25, 0.3) is 0 Å². The monoisotopic (exact) mass is 330 g/mol. The minimum Gasteiger partial charge on any atom is -0.308 e. The number of pyridine rings is 1. The minimum absolute atomic E-state index is 0.385. The second kappa shape index (κ2) is 6.17. The third-order valence-corrected chi connectivity index (χ3v) is 3.37. The molecule has 1 heterocycles. The molecule has 5 nitrogen and oxygen atoms in total. The van der Waals surface area contributed by atoms with Crippen LogP contribution in [0.2, 0.25) is 0 Å². The Kier molecular flexibility index (Phi) is 4.33. The van der Waals surface area contributed by atoms with Gasteiger partial charge in [-0.15, -0.1) is 0 Å². The molecule has 20 heavy (non-hydrogen) atoms. The number of aryl methyl sites for hydroxylation is 1. The van der Waals surface area contributed by atoms with Gasteiger partial charge in [0, 0.05) is 10.2 Å². The van der Waals surface area contributed by atoms with Gasteiger partial charge >= 0.3 is 6.03 Å². The fourth-order valence-corrected chi connectivity index (χ4v) is 1.74. The van der Waals surface area contributed by atoms with E-state index in [0.717, 1.165) is 10.2 Å². The zero-order valence-corrected chi connectivity index (χ0v) is 12.2. The Morgan fingerprint density at radius 1 is 1.20 bits per heavy atom. The number of urea groups is 1. The first-order valence-corrected chi connectivity index (χ1v) is 6.59. The molecular weight excluding hydrogens is 320 g/mol. The molecule has 2 aromatic rings. The van der Waals surface area contributed by atoms with Crippen molar-refractivity contribution in [3.05, 3.63) is 52.1 Å². The van der Waals surface area contributed by atoms with Gasteiger partial charge in [-0.2, -0.15) is 5.26 Å². The van der Waals surface area contributed by atoms with E-state index in [9.17, 15) is 4.79 Å². The third-order valence-electron chi connectivity index (χ3n) is 2.53. The topological polar surface area (TPSA) is 77.8 Å². The Balaban J connectivity index is 2.01. The summed E-state index contributed by atoms with van der Waals surface area (Å²) in [5.41, 5.74) is 1.94. The largest absolute Gasteiger partial charge is 0.324 e. The average Bonchev–Trinajstić information content (AvgIpc) is 2.44. The van der Waals surface area contributed by atoms with Gasteiger partial charge in [0.15, 0.2) is 0 Å². The first-order valence-electron chi connectivity index (χ1n) is 5.80. The summed E-state index contributed by atoms with van der Waals surface area (Å²) in [6, 6.07) is 11.8. The number of hydrogen-bond acceptors (Lipinski definition) is 3. The van der Waals surface area contributed by atoms with Crippen LogP contribution < -0.4 is 10.6 Å². The van der Waals surface area contributed by atoms with E-state index >= 15 is 0 Å².